The molecule has 4 heteroatoms. The summed E-state index contributed by atoms with van der Waals surface area (Å²) in [5, 5.41) is 5.75. The lowest BCUT2D eigenvalue weighted by atomic mass is 9.87. The van der Waals surface area contributed by atoms with Crippen molar-refractivity contribution in [1.82, 2.24) is 9.78 Å². The molecule has 4 rings (SSSR count). The molecule has 1 heterocycles. The minimum absolute atomic E-state index is 0.489. The number of ether oxygens (including phenoxy) is 1. The topological polar surface area (TPSA) is 27.1 Å². The Morgan fingerprint density at radius 2 is 1.59 bits per heavy atom. The SMILES string of the molecule is CC/C(=C(/c1ccc(C)cc1)c1ccc2c(cnn2COCCS(C)(C)C)c1)c1ccccc1. The maximum absolute atomic E-state index is 5.95. The summed E-state index contributed by atoms with van der Waals surface area (Å²) in [6, 6.07) is 26.3. The number of benzene rings is 3. The van der Waals surface area contributed by atoms with Gasteiger partial charge >= 0.3 is 0 Å². The molecule has 0 aliphatic heterocycles. The Labute approximate surface area is 205 Å². The second-order valence-corrected chi connectivity index (χ2v) is 14.3. The Hall–Kier alpha value is -2.82. The molecule has 0 fully saturated rings. The summed E-state index contributed by atoms with van der Waals surface area (Å²) in [5.74, 6) is 1.11. The molecular weight excluding hydrogens is 436 g/mol. The Kier molecular flexibility index (Phi) is 7.60. The van der Waals surface area contributed by atoms with E-state index in [-0.39, 0.29) is 0 Å². The third-order valence-corrected chi connectivity index (χ3v) is 7.49. The lowest BCUT2D eigenvalue weighted by Crippen LogP contribution is -2.10. The van der Waals surface area contributed by atoms with Crippen LogP contribution in [0.5, 0.6) is 0 Å². The molecule has 3 aromatic carbocycles. The predicted octanol–water partition coefficient (Wildman–Crippen LogP) is 7.38. The number of nitrogens with zero attached hydrogens (tertiary/aromatic N) is 2. The van der Waals surface area contributed by atoms with Gasteiger partial charge in [0.15, 0.2) is 0 Å². The number of rotatable bonds is 9. The molecule has 0 aliphatic carbocycles. The van der Waals surface area contributed by atoms with E-state index in [9.17, 15) is 0 Å². The van der Waals surface area contributed by atoms with Crippen LogP contribution in [0, 0.1) is 6.92 Å². The zero-order valence-corrected chi connectivity index (χ0v) is 21.9. The van der Waals surface area contributed by atoms with Gasteiger partial charge in [0.05, 0.1) is 18.3 Å². The fourth-order valence-corrected chi connectivity index (χ4v) is 4.82. The number of allylic oxidation sites excluding steroid dienone is 1. The van der Waals surface area contributed by atoms with E-state index in [1.807, 2.05) is 10.9 Å². The lowest BCUT2D eigenvalue weighted by Gasteiger charge is -2.24. The number of aromatic nitrogens is 2. The predicted molar refractivity (Wildman–Crippen MR) is 150 cm³/mol. The third kappa shape index (κ3) is 5.81. The quantitative estimate of drug-likeness (QED) is 0.188. The highest BCUT2D eigenvalue weighted by Gasteiger charge is 2.15. The van der Waals surface area contributed by atoms with Crippen LogP contribution >= 0.6 is 10.0 Å². The first-order valence-electron chi connectivity index (χ1n) is 11.9. The van der Waals surface area contributed by atoms with Crippen LogP contribution in [0.3, 0.4) is 0 Å². The van der Waals surface area contributed by atoms with Crippen molar-refractivity contribution < 1.29 is 4.74 Å². The van der Waals surface area contributed by atoms with E-state index in [4.69, 9.17) is 4.74 Å². The van der Waals surface area contributed by atoms with Crippen molar-refractivity contribution in [2.45, 2.75) is 27.0 Å². The van der Waals surface area contributed by atoms with Gasteiger partial charge in [-0.1, -0.05) is 73.2 Å². The summed E-state index contributed by atoms with van der Waals surface area (Å²) in [6.45, 7) is 5.64. The van der Waals surface area contributed by atoms with Gasteiger partial charge < -0.3 is 4.74 Å². The number of hydrogen-bond acceptors (Lipinski definition) is 2. The summed E-state index contributed by atoms with van der Waals surface area (Å²) >= 11 is 0. The molecule has 0 amide bonds. The summed E-state index contributed by atoms with van der Waals surface area (Å²) < 4.78 is 7.91. The molecule has 34 heavy (non-hydrogen) atoms. The van der Waals surface area contributed by atoms with Crippen LogP contribution in [0.15, 0.2) is 79.0 Å². The minimum atomic E-state index is -0.545. The van der Waals surface area contributed by atoms with Crippen molar-refractivity contribution >= 4 is 32.1 Å². The summed E-state index contributed by atoms with van der Waals surface area (Å²) in [6.07, 6.45) is 9.87. The van der Waals surface area contributed by atoms with Crippen LogP contribution < -0.4 is 0 Å². The van der Waals surface area contributed by atoms with Crippen LogP contribution in [0.25, 0.3) is 22.0 Å². The second kappa shape index (κ2) is 10.6. The van der Waals surface area contributed by atoms with Crippen molar-refractivity contribution in [2.75, 3.05) is 31.1 Å². The second-order valence-electron chi connectivity index (χ2n) is 9.69. The first-order valence-corrected chi connectivity index (χ1v) is 14.9. The average Bonchev–Trinajstić information content (AvgIpc) is 3.23. The van der Waals surface area contributed by atoms with Gasteiger partial charge in [0.2, 0.25) is 0 Å². The van der Waals surface area contributed by atoms with Crippen molar-refractivity contribution in [2.24, 2.45) is 0 Å². The molecule has 0 N–H and O–H groups in total. The van der Waals surface area contributed by atoms with E-state index in [0.29, 0.717) is 6.73 Å². The molecule has 0 unspecified atom stereocenters. The van der Waals surface area contributed by atoms with Gasteiger partial charge in [0, 0.05) is 11.1 Å². The minimum Gasteiger partial charge on any atom is -0.358 e. The first kappa shape index (κ1) is 24.3. The molecule has 4 aromatic rings. The summed E-state index contributed by atoms with van der Waals surface area (Å²) in [7, 11) is -0.545. The van der Waals surface area contributed by atoms with Crippen LogP contribution in [0.4, 0.5) is 0 Å². The summed E-state index contributed by atoms with van der Waals surface area (Å²) in [4.78, 5) is 0. The maximum Gasteiger partial charge on any atom is 0.140 e. The molecule has 0 aliphatic rings. The molecule has 1 aromatic heterocycles. The Morgan fingerprint density at radius 3 is 2.26 bits per heavy atom. The van der Waals surface area contributed by atoms with E-state index in [1.54, 1.807) is 0 Å². The average molecular weight is 473 g/mol. The number of fused-ring (bicyclic) bond motifs is 1. The van der Waals surface area contributed by atoms with Crippen molar-refractivity contribution in [3.63, 3.8) is 0 Å². The molecule has 0 bridgehead atoms. The largest absolute Gasteiger partial charge is 0.358 e. The van der Waals surface area contributed by atoms with Gasteiger partial charge in [-0.3, -0.25) is 0 Å². The standard InChI is InChI=1S/C30H36N2OS/c1-6-28(24-10-8-7-9-11-24)30(25-14-12-23(2)13-15-25)26-16-17-29-27(20-26)21-31-32(29)22-33-18-19-34(3,4)5/h7-17,20-21H,6,18-19,22H2,1-5H3/b30-28+. The van der Waals surface area contributed by atoms with Gasteiger partial charge in [0.1, 0.15) is 6.73 Å². The van der Waals surface area contributed by atoms with Gasteiger partial charge in [-0.25, -0.2) is 14.7 Å². The third-order valence-electron chi connectivity index (χ3n) is 6.10. The molecule has 0 spiro atoms. The number of hydrogen-bond donors (Lipinski definition) is 0. The van der Waals surface area contributed by atoms with Gasteiger partial charge in [0.25, 0.3) is 0 Å². The fourth-order valence-electron chi connectivity index (χ4n) is 4.21. The zero-order chi connectivity index (χ0) is 24.1. The summed E-state index contributed by atoms with van der Waals surface area (Å²) in [5.41, 5.74) is 8.74. The van der Waals surface area contributed by atoms with E-state index < -0.39 is 10.0 Å². The highest BCUT2D eigenvalue weighted by Crippen LogP contribution is 2.36. The molecule has 178 valence electrons. The smallest absolute Gasteiger partial charge is 0.140 e. The number of aryl methyl sites for hydroxylation is 1. The van der Waals surface area contributed by atoms with Crippen molar-refractivity contribution in [3.05, 3.63) is 101 Å². The first-order chi connectivity index (χ1) is 16.4. The normalized spacial score (nSPS) is 13.2. The van der Waals surface area contributed by atoms with E-state index in [1.165, 1.54) is 33.4 Å². The Bertz CT molecular complexity index is 1260. The van der Waals surface area contributed by atoms with Crippen LogP contribution in [0.2, 0.25) is 0 Å². The van der Waals surface area contributed by atoms with Crippen LogP contribution in [-0.4, -0.2) is 40.9 Å². The van der Waals surface area contributed by atoms with E-state index in [0.717, 1.165) is 29.7 Å². The highest BCUT2D eigenvalue weighted by atomic mass is 32.3. The van der Waals surface area contributed by atoms with Gasteiger partial charge in [-0.2, -0.15) is 5.10 Å². The maximum atomic E-state index is 5.95. The van der Waals surface area contributed by atoms with E-state index in [2.05, 4.69) is 111 Å². The molecule has 0 atom stereocenters. The fraction of sp³-hybridized carbons (Fsp3) is 0.300. The zero-order valence-electron chi connectivity index (χ0n) is 21.0. The molecule has 0 saturated carbocycles. The Morgan fingerprint density at radius 1 is 0.882 bits per heavy atom. The van der Waals surface area contributed by atoms with Crippen LogP contribution in [-0.2, 0) is 11.5 Å². The van der Waals surface area contributed by atoms with Crippen molar-refractivity contribution in [1.29, 1.82) is 0 Å². The van der Waals surface area contributed by atoms with Gasteiger partial charge in [-0.05, 0) is 72.1 Å². The molecule has 0 radical (unpaired) electrons. The van der Waals surface area contributed by atoms with Crippen LogP contribution in [0.1, 0.15) is 35.6 Å². The van der Waals surface area contributed by atoms with E-state index >= 15 is 0 Å². The molecule has 0 saturated heterocycles. The molecule has 3 nitrogen and oxygen atoms in total. The Balaban J connectivity index is 1.72. The lowest BCUT2D eigenvalue weighted by molar-refractivity contribution is 0.0841. The monoisotopic (exact) mass is 472 g/mol. The van der Waals surface area contributed by atoms with Gasteiger partial charge in [-0.15, -0.1) is 0 Å². The highest BCUT2D eigenvalue weighted by molar-refractivity contribution is 8.32. The van der Waals surface area contributed by atoms with Crippen molar-refractivity contribution in [3.8, 4) is 0 Å². The molecular formula is C30H36N2OS.